The van der Waals surface area contributed by atoms with Gasteiger partial charge in [-0.1, -0.05) is 32.0 Å². The zero-order valence-electron chi connectivity index (χ0n) is 17.5. The van der Waals surface area contributed by atoms with E-state index in [0.29, 0.717) is 24.0 Å². The topological polar surface area (TPSA) is 47.6 Å². The fraction of sp³-hybridized carbons (Fsp3) is 0.435. The highest BCUT2D eigenvalue weighted by molar-refractivity contribution is 5.87. The molecule has 4 nitrogen and oxygen atoms in total. The molecule has 0 aliphatic heterocycles. The highest BCUT2D eigenvalue weighted by Gasteiger charge is 2.31. The molecule has 1 unspecified atom stereocenters. The van der Waals surface area contributed by atoms with Crippen molar-refractivity contribution in [3.05, 3.63) is 59.4 Å². The Kier molecular flexibility index (Phi) is 7.05. The quantitative estimate of drug-likeness (QED) is 0.691. The molecule has 0 radical (unpaired) electrons. The minimum absolute atomic E-state index is 0.134. The first-order valence-corrected chi connectivity index (χ1v) is 9.53. The molecule has 1 atom stereocenters. The molecule has 0 fully saturated rings. The Morgan fingerprint density at radius 3 is 2.29 bits per heavy atom. The Labute approximate surface area is 167 Å². The molecule has 2 rings (SSSR count). The summed E-state index contributed by atoms with van der Waals surface area (Å²) in [7, 11) is 1.60. The molecular formula is C23H30FNO3. The third-order valence-electron chi connectivity index (χ3n) is 4.74. The highest BCUT2D eigenvalue weighted by atomic mass is 19.1. The third kappa shape index (κ3) is 5.24. The molecule has 28 heavy (non-hydrogen) atoms. The van der Waals surface area contributed by atoms with Crippen LogP contribution in [0.25, 0.3) is 0 Å². The van der Waals surface area contributed by atoms with Gasteiger partial charge in [0, 0.05) is 0 Å². The van der Waals surface area contributed by atoms with Gasteiger partial charge in [-0.3, -0.25) is 4.79 Å². The van der Waals surface area contributed by atoms with E-state index < -0.39 is 5.41 Å². The zero-order chi connectivity index (χ0) is 20.9. The van der Waals surface area contributed by atoms with E-state index in [1.165, 1.54) is 12.1 Å². The van der Waals surface area contributed by atoms with Gasteiger partial charge in [0.2, 0.25) is 5.91 Å². The van der Waals surface area contributed by atoms with Crippen LogP contribution in [-0.2, 0) is 10.2 Å². The van der Waals surface area contributed by atoms with Crippen molar-refractivity contribution >= 4 is 5.91 Å². The molecule has 0 spiro atoms. The van der Waals surface area contributed by atoms with Crippen molar-refractivity contribution in [1.29, 1.82) is 0 Å². The second-order valence-electron chi connectivity index (χ2n) is 7.94. The van der Waals surface area contributed by atoms with Crippen LogP contribution in [0.5, 0.6) is 11.5 Å². The summed E-state index contributed by atoms with van der Waals surface area (Å²) in [6.07, 6.45) is 0. The van der Waals surface area contributed by atoms with Gasteiger partial charge >= 0.3 is 0 Å². The molecule has 0 bridgehead atoms. The standard InChI is InChI=1S/C23H30FNO3/c1-15(2)14-28-20-12-7-17(13-21(20)27-6)16(3)25-22(26)23(4,5)18-8-10-19(24)11-9-18/h7-13,15-16H,14H2,1-6H3,(H,25,26). The Morgan fingerprint density at radius 2 is 1.71 bits per heavy atom. The van der Waals surface area contributed by atoms with Crippen molar-refractivity contribution in [3.63, 3.8) is 0 Å². The minimum Gasteiger partial charge on any atom is -0.493 e. The van der Waals surface area contributed by atoms with E-state index in [4.69, 9.17) is 9.47 Å². The Hall–Kier alpha value is -2.56. The molecule has 0 aliphatic carbocycles. The first-order valence-electron chi connectivity index (χ1n) is 9.53. The lowest BCUT2D eigenvalue weighted by atomic mass is 9.83. The maximum Gasteiger partial charge on any atom is 0.230 e. The molecule has 5 heteroatoms. The van der Waals surface area contributed by atoms with Crippen molar-refractivity contribution in [1.82, 2.24) is 5.32 Å². The van der Waals surface area contributed by atoms with Crippen LogP contribution in [-0.4, -0.2) is 19.6 Å². The lowest BCUT2D eigenvalue weighted by Crippen LogP contribution is -2.41. The van der Waals surface area contributed by atoms with Crippen LogP contribution >= 0.6 is 0 Å². The number of rotatable bonds is 8. The molecule has 0 heterocycles. The van der Waals surface area contributed by atoms with Crippen molar-refractivity contribution < 1.29 is 18.7 Å². The Bertz CT molecular complexity index is 800. The van der Waals surface area contributed by atoms with Gasteiger partial charge < -0.3 is 14.8 Å². The van der Waals surface area contributed by atoms with E-state index in [1.54, 1.807) is 19.2 Å². The fourth-order valence-electron chi connectivity index (χ4n) is 2.79. The normalized spacial score (nSPS) is 12.6. The molecule has 1 N–H and O–H groups in total. The highest BCUT2D eigenvalue weighted by Crippen LogP contribution is 2.31. The maximum absolute atomic E-state index is 13.2. The lowest BCUT2D eigenvalue weighted by molar-refractivity contribution is -0.126. The average molecular weight is 387 g/mol. The number of halogens is 1. The number of hydrogen-bond acceptors (Lipinski definition) is 3. The molecule has 2 aromatic carbocycles. The summed E-state index contributed by atoms with van der Waals surface area (Å²) in [6, 6.07) is 11.5. The lowest BCUT2D eigenvalue weighted by Gasteiger charge is -2.27. The molecule has 0 saturated heterocycles. The largest absolute Gasteiger partial charge is 0.493 e. The van der Waals surface area contributed by atoms with Crippen LogP contribution < -0.4 is 14.8 Å². The van der Waals surface area contributed by atoms with E-state index in [2.05, 4.69) is 19.2 Å². The van der Waals surface area contributed by atoms with Crippen LogP contribution in [0.3, 0.4) is 0 Å². The average Bonchev–Trinajstić information content (AvgIpc) is 2.66. The fourth-order valence-corrected chi connectivity index (χ4v) is 2.79. The monoisotopic (exact) mass is 387 g/mol. The number of ether oxygens (including phenoxy) is 2. The van der Waals surface area contributed by atoms with Gasteiger partial charge in [0.05, 0.1) is 25.2 Å². The van der Waals surface area contributed by atoms with Gasteiger partial charge in [-0.05, 0) is 62.1 Å². The molecule has 152 valence electrons. The predicted molar refractivity (Wildman–Crippen MR) is 109 cm³/mol. The van der Waals surface area contributed by atoms with Crippen LogP contribution in [0.1, 0.15) is 51.8 Å². The number of methoxy groups -OCH3 is 1. The summed E-state index contributed by atoms with van der Waals surface area (Å²) in [5.41, 5.74) is 0.887. The van der Waals surface area contributed by atoms with Crippen LogP contribution in [0.4, 0.5) is 4.39 Å². The van der Waals surface area contributed by atoms with Gasteiger partial charge in [-0.2, -0.15) is 0 Å². The number of carbonyl (C=O) groups is 1. The zero-order valence-corrected chi connectivity index (χ0v) is 17.5. The number of benzene rings is 2. The van der Waals surface area contributed by atoms with E-state index in [1.807, 2.05) is 39.0 Å². The summed E-state index contributed by atoms with van der Waals surface area (Å²) < 4.78 is 24.4. The predicted octanol–water partition coefficient (Wildman–Crippen LogP) is 5.02. The molecule has 0 aromatic heterocycles. The number of carbonyl (C=O) groups excluding carboxylic acids is 1. The smallest absolute Gasteiger partial charge is 0.230 e. The maximum atomic E-state index is 13.2. The summed E-state index contributed by atoms with van der Waals surface area (Å²) >= 11 is 0. The molecule has 1 amide bonds. The van der Waals surface area contributed by atoms with Crippen molar-refractivity contribution in [2.45, 2.75) is 46.1 Å². The van der Waals surface area contributed by atoms with Crippen molar-refractivity contribution in [3.8, 4) is 11.5 Å². The Balaban J connectivity index is 2.13. The van der Waals surface area contributed by atoms with Crippen LogP contribution in [0.2, 0.25) is 0 Å². The van der Waals surface area contributed by atoms with Gasteiger partial charge in [-0.15, -0.1) is 0 Å². The van der Waals surface area contributed by atoms with Gasteiger partial charge in [0.25, 0.3) is 0 Å². The van der Waals surface area contributed by atoms with Crippen molar-refractivity contribution in [2.75, 3.05) is 13.7 Å². The van der Waals surface area contributed by atoms with Gasteiger partial charge in [0.1, 0.15) is 5.82 Å². The molecular weight excluding hydrogens is 357 g/mol. The second-order valence-corrected chi connectivity index (χ2v) is 7.94. The molecule has 2 aromatic rings. The van der Waals surface area contributed by atoms with E-state index in [0.717, 1.165) is 11.1 Å². The first-order chi connectivity index (χ1) is 13.1. The van der Waals surface area contributed by atoms with E-state index in [-0.39, 0.29) is 17.8 Å². The number of amides is 1. The third-order valence-corrected chi connectivity index (χ3v) is 4.74. The summed E-state index contributed by atoms with van der Waals surface area (Å²) in [6.45, 7) is 10.3. The van der Waals surface area contributed by atoms with Gasteiger partial charge in [0.15, 0.2) is 11.5 Å². The summed E-state index contributed by atoms with van der Waals surface area (Å²) in [4.78, 5) is 12.9. The first kappa shape index (κ1) is 21.7. The van der Waals surface area contributed by atoms with Gasteiger partial charge in [-0.25, -0.2) is 4.39 Å². The summed E-state index contributed by atoms with van der Waals surface area (Å²) in [5.74, 6) is 1.28. The van der Waals surface area contributed by atoms with Crippen LogP contribution in [0.15, 0.2) is 42.5 Å². The second kappa shape index (κ2) is 9.09. The number of nitrogens with one attached hydrogen (secondary N) is 1. The van der Waals surface area contributed by atoms with E-state index >= 15 is 0 Å². The Morgan fingerprint density at radius 1 is 1.07 bits per heavy atom. The number of hydrogen-bond donors (Lipinski definition) is 1. The molecule has 0 aliphatic rings. The SMILES string of the molecule is COc1cc(C(C)NC(=O)C(C)(C)c2ccc(F)cc2)ccc1OCC(C)C. The summed E-state index contributed by atoms with van der Waals surface area (Å²) in [5, 5.41) is 3.04. The minimum atomic E-state index is -0.785. The van der Waals surface area contributed by atoms with E-state index in [9.17, 15) is 9.18 Å². The molecule has 0 saturated carbocycles. The van der Waals surface area contributed by atoms with Crippen molar-refractivity contribution in [2.24, 2.45) is 5.92 Å². The van der Waals surface area contributed by atoms with Crippen LogP contribution in [0, 0.1) is 11.7 Å².